The van der Waals surface area contributed by atoms with Crippen molar-refractivity contribution in [2.45, 2.75) is 47.4 Å². The summed E-state index contributed by atoms with van der Waals surface area (Å²) in [5.74, 6) is 0.130. The molecule has 43 heavy (non-hydrogen) atoms. The van der Waals surface area contributed by atoms with Gasteiger partial charge in [-0.3, -0.25) is 30.6 Å². The van der Waals surface area contributed by atoms with Gasteiger partial charge in [-0.15, -0.1) is 0 Å². The zero-order valence-electron chi connectivity index (χ0n) is 23.3. The standard InChI is InChI=1S/C29H28N6O6S2/c1-19-6-5-15-33(20(19)2)43(40,41)28-17-23(34(36)37)11-12-24(28)32-31-18-21-10-13-26(25(16-21)35(38)39)42-27-9-3-7-22-8-4-14-30-29(22)27/h3-4,7-14,16-20,32H,5-6,15H2,1-2H3/b31-18-/t19-,20-/m0/s1. The fourth-order valence-corrected chi connectivity index (χ4v) is 7.94. The highest BCUT2D eigenvalue weighted by atomic mass is 32.2. The maximum Gasteiger partial charge on any atom is 0.283 e. The topological polar surface area (TPSA) is 161 Å². The Balaban J connectivity index is 1.42. The number of nitro benzene ring substituents is 2. The van der Waals surface area contributed by atoms with E-state index in [2.05, 4.69) is 15.5 Å². The summed E-state index contributed by atoms with van der Waals surface area (Å²) in [4.78, 5) is 27.6. The minimum Gasteiger partial charge on any atom is -0.277 e. The molecular weight excluding hydrogens is 592 g/mol. The number of pyridine rings is 1. The third-order valence-corrected chi connectivity index (χ3v) is 10.6. The summed E-state index contributed by atoms with van der Waals surface area (Å²) in [5.41, 5.74) is 3.37. The second kappa shape index (κ2) is 12.5. The van der Waals surface area contributed by atoms with Crippen LogP contribution in [0.3, 0.4) is 0 Å². The van der Waals surface area contributed by atoms with Crippen molar-refractivity contribution >= 4 is 56.0 Å². The van der Waals surface area contributed by atoms with Crippen LogP contribution in [0.1, 0.15) is 32.3 Å². The van der Waals surface area contributed by atoms with Crippen molar-refractivity contribution in [3.8, 4) is 0 Å². The molecule has 14 heteroatoms. The average molecular weight is 621 g/mol. The van der Waals surface area contributed by atoms with Gasteiger partial charge < -0.3 is 0 Å². The minimum atomic E-state index is -4.10. The van der Waals surface area contributed by atoms with Gasteiger partial charge in [-0.2, -0.15) is 9.41 Å². The van der Waals surface area contributed by atoms with Crippen molar-refractivity contribution in [3.63, 3.8) is 0 Å². The van der Waals surface area contributed by atoms with Crippen LogP contribution in [0.25, 0.3) is 10.9 Å². The molecule has 1 saturated heterocycles. The molecule has 222 valence electrons. The Bertz CT molecular complexity index is 1840. The van der Waals surface area contributed by atoms with Gasteiger partial charge in [0.15, 0.2) is 0 Å². The van der Waals surface area contributed by atoms with Crippen molar-refractivity contribution < 1.29 is 18.3 Å². The summed E-state index contributed by atoms with van der Waals surface area (Å²) in [6.45, 7) is 4.11. The molecule has 0 saturated carbocycles. The number of nitrogens with one attached hydrogen (secondary N) is 1. The van der Waals surface area contributed by atoms with Gasteiger partial charge in [0, 0.05) is 52.8 Å². The van der Waals surface area contributed by atoms with Crippen LogP contribution in [-0.4, -0.2) is 46.4 Å². The van der Waals surface area contributed by atoms with Gasteiger partial charge >= 0.3 is 0 Å². The number of rotatable bonds is 9. The molecule has 12 nitrogen and oxygen atoms in total. The molecule has 0 aliphatic carbocycles. The van der Waals surface area contributed by atoms with E-state index in [0.29, 0.717) is 23.4 Å². The molecule has 0 bridgehead atoms. The van der Waals surface area contributed by atoms with Crippen LogP contribution >= 0.6 is 11.8 Å². The van der Waals surface area contributed by atoms with Gasteiger partial charge in [0.2, 0.25) is 10.0 Å². The van der Waals surface area contributed by atoms with Crippen molar-refractivity contribution in [1.29, 1.82) is 0 Å². The van der Waals surface area contributed by atoms with Gasteiger partial charge in [0.1, 0.15) is 4.90 Å². The monoisotopic (exact) mass is 620 g/mol. The molecule has 2 heterocycles. The largest absolute Gasteiger partial charge is 0.283 e. The van der Waals surface area contributed by atoms with Crippen LogP contribution in [-0.2, 0) is 10.0 Å². The van der Waals surface area contributed by atoms with Gasteiger partial charge in [0.05, 0.1) is 32.2 Å². The Morgan fingerprint density at radius 2 is 1.81 bits per heavy atom. The zero-order chi connectivity index (χ0) is 30.7. The first-order valence-electron chi connectivity index (χ1n) is 13.5. The van der Waals surface area contributed by atoms with E-state index >= 15 is 0 Å². The van der Waals surface area contributed by atoms with E-state index in [4.69, 9.17) is 0 Å². The molecule has 4 aromatic rings. The lowest BCUT2D eigenvalue weighted by molar-refractivity contribution is -0.387. The quantitative estimate of drug-likeness (QED) is 0.126. The number of benzene rings is 3. The molecule has 5 rings (SSSR count). The highest BCUT2D eigenvalue weighted by molar-refractivity contribution is 7.99. The van der Waals surface area contributed by atoms with E-state index in [9.17, 15) is 28.6 Å². The van der Waals surface area contributed by atoms with Gasteiger partial charge in [0.25, 0.3) is 11.4 Å². The highest BCUT2D eigenvalue weighted by Gasteiger charge is 2.36. The molecule has 0 unspecified atom stereocenters. The molecule has 1 aliphatic rings. The molecule has 1 aliphatic heterocycles. The van der Waals surface area contributed by atoms with Crippen LogP contribution in [0.5, 0.6) is 0 Å². The average Bonchev–Trinajstić information content (AvgIpc) is 2.99. The second-order valence-electron chi connectivity index (χ2n) is 10.2. The Hall–Kier alpha value is -4.40. The minimum absolute atomic E-state index is 0.0532. The number of fused-ring (bicyclic) bond motifs is 1. The Morgan fingerprint density at radius 3 is 2.58 bits per heavy atom. The molecular formula is C29H28N6O6S2. The SMILES string of the molecule is C[C@H]1CCCN(S(=O)(=O)c2cc([N+](=O)[O-])ccc2N/N=C\c2ccc(Sc3cccc4cccnc34)c([N+](=O)[O-])c2)[C@H]1C. The molecule has 1 aromatic heterocycles. The zero-order valence-corrected chi connectivity index (χ0v) is 24.9. The summed E-state index contributed by atoms with van der Waals surface area (Å²) < 4.78 is 28.8. The molecule has 0 spiro atoms. The smallest absolute Gasteiger partial charge is 0.277 e. The van der Waals surface area contributed by atoms with Crippen molar-refractivity contribution in [2.24, 2.45) is 11.0 Å². The number of non-ortho nitro benzene ring substituents is 1. The van der Waals surface area contributed by atoms with Gasteiger partial charge in [-0.05, 0) is 49.9 Å². The fourth-order valence-electron chi connectivity index (χ4n) is 4.99. The number of para-hydroxylation sites is 1. The third kappa shape index (κ3) is 6.35. The van der Waals surface area contributed by atoms with Crippen molar-refractivity contribution in [1.82, 2.24) is 9.29 Å². The fraction of sp³-hybridized carbons (Fsp3) is 0.241. The lowest BCUT2D eigenvalue weighted by atomic mass is 9.94. The Labute approximate surface area is 252 Å². The van der Waals surface area contributed by atoms with E-state index in [-0.39, 0.29) is 33.9 Å². The van der Waals surface area contributed by atoms with Crippen LogP contribution < -0.4 is 5.43 Å². The van der Waals surface area contributed by atoms with E-state index in [1.807, 2.05) is 44.2 Å². The Kier molecular flexibility index (Phi) is 8.71. The molecule has 1 N–H and O–H groups in total. The number of anilines is 1. The third-order valence-electron chi connectivity index (χ3n) is 7.47. The van der Waals surface area contributed by atoms with E-state index in [1.165, 1.54) is 40.5 Å². The van der Waals surface area contributed by atoms with Gasteiger partial charge in [-0.25, -0.2) is 8.42 Å². The summed E-state index contributed by atoms with van der Waals surface area (Å²) in [6.07, 6.45) is 4.57. The van der Waals surface area contributed by atoms with E-state index in [1.54, 1.807) is 18.3 Å². The first kappa shape index (κ1) is 30.1. The van der Waals surface area contributed by atoms with Crippen LogP contribution in [0.15, 0.2) is 92.7 Å². The molecule has 3 aromatic carbocycles. The normalized spacial score (nSPS) is 17.7. The predicted octanol–water partition coefficient (Wildman–Crippen LogP) is 6.46. The number of aromatic nitrogens is 1. The number of piperidine rings is 1. The number of nitrogens with zero attached hydrogens (tertiary/aromatic N) is 5. The summed E-state index contributed by atoms with van der Waals surface area (Å²) >= 11 is 1.23. The first-order valence-corrected chi connectivity index (χ1v) is 15.7. The molecule has 0 amide bonds. The summed E-state index contributed by atoms with van der Waals surface area (Å²) in [6, 6.07) is 17.3. The number of hydrazone groups is 1. The van der Waals surface area contributed by atoms with Crippen LogP contribution in [0.4, 0.5) is 17.1 Å². The maximum atomic E-state index is 13.7. The molecule has 1 fully saturated rings. The van der Waals surface area contributed by atoms with E-state index in [0.717, 1.165) is 28.3 Å². The Morgan fingerprint density at radius 1 is 1.02 bits per heavy atom. The van der Waals surface area contributed by atoms with E-state index < -0.39 is 19.9 Å². The predicted molar refractivity (Wildman–Crippen MR) is 165 cm³/mol. The lowest BCUT2D eigenvalue weighted by Gasteiger charge is -2.37. The van der Waals surface area contributed by atoms with Crippen LogP contribution in [0.2, 0.25) is 0 Å². The maximum absolute atomic E-state index is 13.7. The van der Waals surface area contributed by atoms with Crippen molar-refractivity contribution in [3.05, 3.63) is 98.7 Å². The van der Waals surface area contributed by atoms with Crippen LogP contribution in [0, 0.1) is 26.1 Å². The summed E-state index contributed by atoms with van der Waals surface area (Å²) in [7, 11) is -4.10. The second-order valence-corrected chi connectivity index (χ2v) is 13.1. The highest BCUT2D eigenvalue weighted by Crippen LogP contribution is 2.38. The number of nitro groups is 2. The molecule has 2 atom stereocenters. The van der Waals surface area contributed by atoms with Crippen molar-refractivity contribution in [2.75, 3.05) is 12.0 Å². The number of sulfonamides is 1. The lowest BCUT2D eigenvalue weighted by Crippen LogP contribution is -2.46. The number of hydrogen-bond acceptors (Lipinski definition) is 10. The summed E-state index contributed by atoms with van der Waals surface area (Å²) in [5, 5.41) is 28.5. The van der Waals surface area contributed by atoms with Gasteiger partial charge in [-0.1, -0.05) is 43.0 Å². The first-order chi connectivity index (χ1) is 20.6. The molecule has 0 radical (unpaired) electrons. The number of hydrogen-bond donors (Lipinski definition) is 1.